The third-order valence-corrected chi connectivity index (χ3v) is 5.58. The highest BCUT2D eigenvalue weighted by atomic mass is 16.5. The van der Waals surface area contributed by atoms with Gasteiger partial charge in [-0.25, -0.2) is 5.01 Å². The number of phenols is 1. The van der Waals surface area contributed by atoms with Gasteiger partial charge >= 0.3 is 0 Å². The molecule has 0 saturated carbocycles. The largest absolute Gasteiger partial charge is 0.507 e. The molecule has 5 nitrogen and oxygen atoms in total. The van der Waals surface area contributed by atoms with Crippen LogP contribution in [-0.4, -0.2) is 22.9 Å². The first-order valence-electron chi connectivity index (χ1n) is 9.70. The van der Waals surface area contributed by atoms with Crippen molar-refractivity contribution in [3.8, 4) is 17.2 Å². The molecule has 146 valence electrons. The third kappa shape index (κ3) is 2.90. The molecule has 0 saturated heterocycles. The van der Waals surface area contributed by atoms with Crippen LogP contribution in [0, 0.1) is 6.92 Å². The van der Waals surface area contributed by atoms with Crippen molar-refractivity contribution in [2.75, 3.05) is 7.11 Å². The fourth-order valence-electron chi connectivity index (χ4n) is 4.08. The summed E-state index contributed by atoms with van der Waals surface area (Å²) in [5.41, 5.74) is 4.87. The summed E-state index contributed by atoms with van der Waals surface area (Å²) in [6.07, 6.45) is 0.316. The number of nitrogens with zero attached hydrogens (tertiary/aromatic N) is 2. The van der Waals surface area contributed by atoms with E-state index in [1.165, 1.54) is 5.56 Å². The summed E-state index contributed by atoms with van der Waals surface area (Å²) in [5.74, 6) is 1.72. The minimum Gasteiger partial charge on any atom is -0.507 e. The number of aryl methyl sites for hydroxylation is 1. The van der Waals surface area contributed by atoms with Gasteiger partial charge in [-0.1, -0.05) is 54.1 Å². The average Bonchev–Trinajstić information content (AvgIpc) is 3.19. The van der Waals surface area contributed by atoms with Gasteiger partial charge in [0.2, 0.25) is 6.23 Å². The molecule has 1 N–H and O–H groups in total. The Morgan fingerprint density at radius 1 is 1.03 bits per heavy atom. The lowest BCUT2D eigenvalue weighted by Crippen LogP contribution is -2.33. The average molecular weight is 386 g/mol. The molecular weight excluding hydrogens is 364 g/mol. The molecule has 0 aromatic heterocycles. The zero-order chi connectivity index (χ0) is 20.0. The third-order valence-electron chi connectivity index (χ3n) is 5.58. The minimum absolute atomic E-state index is 0.00904. The maximum absolute atomic E-state index is 10.3. The molecule has 2 aliphatic rings. The number of benzene rings is 3. The standard InChI is InChI=1S/C24H22N2O3/c1-15-10-12-16(13-11-15)24-26-20(18-7-5-9-22(28-2)23(18)29-24)14-19(25-26)17-6-3-4-8-21(17)27/h3-13,20,24,27H,14H2,1-2H3/t20-,24-/m1/s1. The van der Waals surface area contributed by atoms with Crippen LogP contribution in [0.3, 0.4) is 0 Å². The molecule has 5 rings (SSSR count). The highest BCUT2D eigenvalue weighted by Gasteiger charge is 2.42. The molecule has 3 aromatic rings. The number of hydrazone groups is 1. The Hall–Kier alpha value is -3.47. The smallest absolute Gasteiger partial charge is 0.214 e. The Balaban J connectivity index is 1.63. The lowest BCUT2D eigenvalue weighted by atomic mass is 9.95. The molecule has 2 heterocycles. The van der Waals surface area contributed by atoms with Crippen molar-refractivity contribution in [1.29, 1.82) is 0 Å². The van der Waals surface area contributed by atoms with Gasteiger partial charge in [0.25, 0.3) is 0 Å². The van der Waals surface area contributed by atoms with E-state index in [1.54, 1.807) is 13.2 Å². The number of hydrogen-bond acceptors (Lipinski definition) is 5. The molecule has 0 radical (unpaired) electrons. The first-order valence-corrected chi connectivity index (χ1v) is 9.70. The van der Waals surface area contributed by atoms with Gasteiger partial charge in [0, 0.05) is 23.1 Å². The van der Waals surface area contributed by atoms with Gasteiger partial charge in [0.05, 0.1) is 18.9 Å². The van der Waals surface area contributed by atoms with Crippen molar-refractivity contribution in [2.24, 2.45) is 5.10 Å². The highest BCUT2D eigenvalue weighted by Crippen LogP contribution is 2.50. The first kappa shape index (κ1) is 17.6. The van der Waals surface area contributed by atoms with Gasteiger partial charge in [0.15, 0.2) is 11.5 Å². The van der Waals surface area contributed by atoms with Crippen LogP contribution in [0.15, 0.2) is 71.8 Å². The predicted molar refractivity (Wildman–Crippen MR) is 111 cm³/mol. The summed E-state index contributed by atoms with van der Waals surface area (Å²) < 4.78 is 12.0. The quantitative estimate of drug-likeness (QED) is 0.692. The second-order valence-corrected chi connectivity index (χ2v) is 7.42. The van der Waals surface area contributed by atoms with Crippen LogP contribution in [0.1, 0.15) is 40.9 Å². The molecule has 2 atom stereocenters. The number of hydrogen-bond donors (Lipinski definition) is 1. The van der Waals surface area contributed by atoms with E-state index < -0.39 is 0 Å². The van der Waals surface area contributed by atoms with Crippen molar-refractivity contribution in [2.45, 2.75) is 25.6 Å². The van der Waals surface area contributed by atoms with Crippen LogP contribution < -0.4 is 9.47 Å². The molecule has 0 spiro atoms. The van der Waals surface area contributed by atoms with E-state index in [1.807, 2.05) is 35.3 Å². The summed E-state index contributed by atoms with van der Waals surface area (Å²) in [6.45, 7) is 2.07. The lowest BCUT2D eigenvalue weighted by molar-refractivity contribution is -0.0209. The summed E-state index contributed by atoms with van der Waals surface area (Å²) >= 11 is 0. The fraction of sp³-hybridized carbons (Fsp3) is 0.208. The van der Waals surface area contributed by atoms with Crippen LogP contribution in [0.25, 0.3) is 0 Å². The Labute approximate surface area is 169 Å². The molecular formula is C24H22N2O3. The van der Waals surface area contributed by atoms with Crippen LogP contribution in [-0.2, 0) is 0 Å². The maximum atomic E-state index is 10.3. The number of methoxy groups -OCH3 is 1. The Morgan fingerprint density at radius 2 is 1.83 bits per heavy atom. The molecule has 0 unspecified atom stereocenters. The second kappa shape index (κ2) is 6.85. The van der Waals surface area contributed by atoms with E-state index >= 15 is 0 Å². The molecule has 3 aromatic carbocycles. The van der Waals surface area contributed by atoms with E-state index in [4.69, 9.17) is 14.6 Å². The van der Waals surface area contributed by atoms with Crippen LogP contribution in [0.4, 0.5) is 0 Å². The number of ether oxygens (including phenoxy) is 2. The van der Waals surface area contributed by atoms with E-state index in [9.17, 15) is 5.11 Å². The van der Waals surface area contributed by atoms with Gasteiger partial charge in [-0.2, -0.15) is 5.10 Å². The van der Waals surface area contributed by atoms with E-state index in [0.29, 0.717) is 6.42 Å². The first-order chi connectivity index (χ1) is 14.2. The number of para-hydroxylation sites is 2. The van der Waals surface area contributed by atoms with Crippen LogP contribution in [0.5, 0.6) is 17.2 Å². The normalized spacial score (nSPS) is 19.8. The fourth-order valence-corrected chi connectivity index (χ4v) is 4.08. The minimum atomic E-state index is -0.368. The second-order valence-electron chi connectivity index (χ2n) is 7.42. The number of rotatable bonds is 3. The van der Waals surface area contributed by atoms with Gasteiger partial charge in [0.1, 0.15) is 5.75 Å². The topological polar surface area (TPSA) is 54.3 Å². The van der Waals surface area contributed by atoms with Crippen molar-refractivity contribution in [1.82, 2.24) is 5.01 Å². The predicted octanol–water partition coefficient (Wildman–Crippen LogP) is 4.95. The molecule has 0 bridgehead atoms. The number of fused-ring (bicyclic) bond motifs is 3. The van der Waals surface area contributed by atoms with Crippen molar-refractivity contribution in [3.63, 3.8) is 0 Å². The highest BCUT2D eigenvalue weighted by molar-refractivity contribution is 6.04. The van der Waals surface area contributed by atoms with Crippen molar-refractivity contribution >= 4 is 5.71 Å². The molecule has 5 heteroatoms. The molecule has 29 heavy (non-hydrogen) atoms. The van der Waals surface area contributed by atoms with Gasteiger partial charge in [-0.05, 0) is 25.1 Å². The van der Waals surface area contributed by atoms with E-state index in [0.717, 1.165) is 33.9 Å². The Kier molecular flexibility index (Phi) is 4.16. The van der Waals surface area contributed by atoms with Gasteiger partial charge in [-0.15, -0.1) is 0 Å². The van der Waals surface area contributed by atoms with Crippen LogP contribution >= 0.6 is 0 Å². The molecule has 0 aliphatic carbocycles. The molecule has 0 fully saturated rings. The maximum Gasteiger partial charge on any atom is 0.214 e. The zero-order valence-electron chi connectivity index (χ0n) is 16.4. The number of aromatic hydroxyl groups is 1. The van der Waals surface area contributed by atoms with Gasteiger partial charge < -0.3 is 14.6 Å². The van der Waals surface area contributed by atoms with Gasteiger partial charge in [-0.3, -0.25) is 0 Å². The Morgan fingerprint density at radius 3 is 2.59 bits per heavy atom. The van der Waals surface area contributed by atoms with Crippen LogP contribution in [0.2, 0.25) is 0 Å². The SMILES string of the molecule is COc1cccc2c1O[C@H](c1ccc(C)cc1)N1N=C(c3ccccc3O)C[C@H]21. The monoisotopic (exact) mass is 386 g/mol. The summed E-state index contributed by atoms with van der Waals surface area (Å²) in [6, 6.07) is 21.6. The van der Waals surface area contributed by atoms with E-state index in [-0.39, 0.29) is 18.0 Å². The van der Waals surface area contributed by atoms with Crippen molar-refractivity contribution < 1.29 is 14.6 Å². The summed E-state index contributed by atoms with van der Waals surface area (Å²) in [7, 11) is 1.66. The van der Waals surface area contributed by atoms with Crippen molar-refractivity contribution in [3.05, 3.63) is 89.0 Å². The molecule has 0 amide bonds. The molecule has 2 aliphatic heterocycles. The zero-order valence-corrected chi connectivity index (χ0v) is 16.4. The Bertz CT molecular complexity index is 1090. The summed E-state index contributed by atoms with van der Waals surface area (Å²) in [4.78, 5) is 0. The number of phenolic OH excluding ortho intramolecular Hbond substituents is 1. The van der Waals surface area contributed by atoms with E-state index in [2.05, 4.69) is 37.3 Å². The summed E-state index contributed by atoms with van der Waals surface area (Å²) in [5, 5.41) is 17.3. The lowest BCUT2D eigenvalue weighted by Gasteiger charge is -2.38.